The zero-order chi connectivity index (χ0) is 17.2. The molecule has 1 amide bonds. The van der Waals surface area contributed by atoms with Gasteiger partial charge in [-0.2, -0.15) is 0 Å². The molecule has 0 spiro atoms. The van der Waals surface area contributed by atoms with E-state index in [4.69, 9.17) is 0 Å². The van der Waals surface area contributed by atoms with Crippen LogP contribution in [0.2, 0.25) is 0 Å². The summed E-state index contributed by atoms with van der Waals surface area (Å²) in [4.78, 5) is 17.1. The van der Waals surface area contributed by atoms with E-state index < -0.39 is 0 Å². The predicted octanol–water partition coefficient (Wildman–Crippen LogP) is 3.82. The van der Waals surface area contributed by atoms with Gasteiger partial charge in [-0.1, -0.05) is 45.0 Å². The summed E-state index contributed by atoms with van der Waals surface area (Å²) in [6, 6.07) is 9.06. The zero-order valence-corrected chi connectivity index (χ0v) is 15.6. The summed E-state index contributed by atoms with van der Waals surface area (Å²) < 4.78 is 0. The summed E-state index contributed by atoms with van der Waals surface area (Å²) in [5.41, 5.74) is 2.99. The highest BCUT2D eigenvalue weighted by Gasteiger charge is 2.29. The van der Waals surface area contributed by atoms with Crippen molar-refractivity contribution in [2.45, 2.75) is 58.4 Å². The number of carbonyl (C=O) groups is 1. The van der Waals surface area contributed by atoms with E-state index in [1.165, 1.54) is 24.0 Å². The number of nitrogens with zero attached hydrogens (tertiary/aromatic N) is 2. The molecule has 2 fully saturated rings. The van der Waals surface area contributed by atoms with Gasteiger partial charge in [-0.25, -0.2) is 0 Å². The Labute approximate surface area is 147 Å². The first-order valence-corrected chi connectivity index (χ1v) is 9.54. The highest BCUT2D eigenvalue weighted by molar-refractivity contribution is 5.79. The van der Waals surface area contributed by atoms with Gasteiger partial charge in [0.05, 0.1) is 0 Å². The van der Waals surface area contributed by atoms with Crippen LogP contribution in [-0.4, -0.2) is 41.9 Å². The highest BCUT2D eigenvalue weighted by atomic mass is 16.2. The van der Waals surface area contributed by atoms with Crippen LogP contribution in [0.15, 0.2) is 24.3 Å². The fourth-order valence-electron chi connectivity index (χ4n) is 3.90. The molecule has 3 nitrogen and oxygen atoms in total. The van der Waals surface area contributed by atoms with Crippen molar-refractivity contribution >= 4 is 5.91 Å². The van der Waals surface area contributed by atoms with Gasteiger partial charge in [0, 0.05) is 25.6 Å². The molecule has 0 radical (unpaired) electrons. The maximum absolute atomic E-state index is 12.5. The molecule has 0 saturated carbocycles. The van der Waals surface area contributed by atoms with Gasteiger partial charge in [-0.05, 0) is 55.3 Å². The Kier molecular flexibility index (Phi) is 5.29. The second-order valence-corrected chi connectivity index (χ2v) is 8.53. The highest BCUT2D eigenvalue weighted by Crippen LogP contribution is 2.25. The predicted molar refractivity (Wildman–Crippen MR) is 99.0 cm³/mol. The maximum Gasteiger partial charge on any atom is 0.225 e. The fraction of sp³-hybridized carbons (Fsp3) is 0.667. The molecule has 0 atom stereocenters. The van der Waals surface area contributed by atoms with E-state index in [2.05, 4.69) is 54.8 Å². The molecule has 0 unspecified atom stereocenters. The van der Waals surface area contributed by atoms with E-state index in [0.29, 0.717) is 5.91 Å². The van der Waals surface area contributed by atoms with Crippen LogP contribution in [-0.2, 0) is 16.8 Å². The van der Waals surface area contributed by atoms with Gasteiger partial charge in [-0.15, -0.1) is 0 Å². The first-order valence-electron chi connectivity index (χ1n) is 9.54. The van der Waals surface area contributed by atoms with Crippen molar-refractivity contribution < 1.29 is 4.79 Å². The summed E-state index contributed by atoms with van der Waals surface area (Å²) in [6.45, 7) is 11.8. The van der Waals surface area contributed by atoms with Crippen LogP contribution in [0, 0.1) is 5.92 Å². The van der Waals surface area contributed by atoms with E-state index in [0.717, 1.165) is 45.6 Å². The molecule has 0 aromatic heterocycles. The number of piperidine rings is 1. The molecule has 0 aliphatic carbocycles. The van der Waals surface area contributed by atoms with Gasteiger partial charge in [0.2, 0.25) is 5.91 Å². The quantitative estimate of drug-likeness (QED) is 0.842. The van der Waals surface area contributed by atoms with Gasteiger partial charge in [0.1, 0.15) is 0 Å². The van der Waals surface area contributed by atoms with Gasteiger partial charge < -0.3 is 4.90 Å². The van der Waals surface area contributed by atoms with Gasteiger partial charge in [0.25, 0.3) is 0 Å². The molecule has 3 heteroatoms. The van der Waals surface area contributed by atoms with Crippen LogP contribution in [0.25, 0.3) is 0 Å². The number of likely N-dealkylation sites (tertiary alicyclic amines) is 2. The van der Waals surface area contributed by atoms with E-state index in [-0.39, 0.29) is 11.3 Å². The van der Waals surface area contributed by atoms with Crippen LogP contribution in [0.4, 0.5) is 0 Å². The minimum absolute atomic E-state index is 0.215. The van der Waals surface area contributed by atoms with Crippen molar-refractivity contribution in [1.82, 2.24) is 9.80 Å². The van der Waals surface area contributed by atoms with Crippen LogP contribution in [0.5, 0.6) is 0 Å². The van der Waals surface area contributed by atoms with Crippen molar-refractivity contribution in [3.63, 3.8) is 0 Å². The SMILES string of the molecule is CC(C)(C)c1ccc(CN2CCC(C(=O)N3CCCC3)CC2)cc1. The third-order valence-electron chi connectivity index (χ3n) is 5.58. The molecule has 0 N–H and O–H groups in total. The third kappa shape index (κ3) is 4.18. The summed E-state index contributed by atoms with van der Waals surface area (Å²) in [5.74, 6) is 0.685. The molecule has 2 saturated heterocycles. The van der Waals surface area contributed by atoms with E-state index in [1.54, 1.807) is 0 Å². The summed E-state index contributed by atoms with van der Waals surface area (Å²) in [5, 5.41) is 0. The number of hydrogen-bond donors (Lipinski definition) is 0. The lowest BCUT2D eigenvalue weighted by atomic mass is 9.86. The van der Waals surface area contributed by atoms with E-state index in [9.17, 15) is 4.79 Å². The molecule has 2 aliphatic heterocycles. The monoisotopic (exact) mass is 328 g/mol. The first-order chi connectivity index (χ1) is 11.4. The summed E-state index contributed by atoms with van der Waals surface area (Å²) in [7, 11) is 0. The zero-order valence-electron chi connectivity index (χ0n) is 15.6. The Hall–Kier alpha value is -1.35. The average molecular weight is 329 g/mol. The summed E-state index contributed by atoms with van der Waals surface area (Å²) >= 11 is 0. The lowest BCUT2D eigenvalue weighted by molar-refractivity contribution is -0.136. The van der Waals surface area contributed by atoms with Crippen molar-refractivity contribution in [1.29, 1.82) is 0 Å². The third-order valence-corrected chi connectivity index (χ3v) is 5.58. The van der Waals surface area contributed by atoms with Gasteiger partial charge in [-0.3, -0.25) is 9.69 Å². The van der Waals surface area contributed by atoms with Gasteiger partial charge in [0.15, 0.2) is 0 Å². The molecule has 0 bridgehead atoms. The molecule has 3 rings (SSSR count). The van der Waals surface area contributed by atoms with Crippen molar-refractivity contribution in [3.05, 3.63) is 35.4 Å². The largest absolute Gasteiger partial charge is 0.342 e. The fourth-order valence-corrected chi connectivity index (χ4v) is 3.90. The maximum atomic E-state index is 12.5. The molecule has 1 aromatic rings. The van der Waals surface area contributed by atoms with Gasteiger partial charge >= 0.3 is 0 Å². The number of hydrogen-bond acceptors (Lipinski definition) is 2. The number of benzene rings is 1. The van der Waals surface area contributed by atoms with Crippen molar-refractivity contribution in [3.8, 4) is 0 Å². The lowest BCUT2D eigenvalue weighted by Gasteiger charge is -2.33. The number of amides is 1. The topological polar surface area (TPSA) is 23.6 Å². The van der Waals surface area contributed by atoms with Crippen LogP contribution in [0.1, 0.15) is 57.6 Å². The standard InChI is InChI=1S/C21H32N2O/c1-21(2,3)19-8-6-17(7-9-19)16-22-14-10-18(11-15-22)20(24)23-12-4-5-13-23/h6-9,18H,4-5,10-16H2,1-3H3. The second-order valence-electron chi connectivity index (χ2n) is 8.53. The summed E-state index contributed by atoms with van der Waals surface area (Å²) in [6.07, 6.45) is 4.43. The number of rotatable bonds is 3. The smallest absolute Gasteiger partial charge is 0.225 e. The Balaban J connectivity index is 1.49. The molecule has 1 aromatic carbocycles. The Morgan fingerprint density at radius 3 is 2.12 bits per heavy atom. The minimum atomic E-state index is 0.215. The number of carbonyl (C=O) groups excluding carboxylic acids is 1. The Bertz CT molecular complexity index is 544. The Morgan fingerprint density at radius 2 is 1.58 bits per heavy atom. The van der Waals surface area contributed by atoms with E-state index >= 15 is 0 Å². The molecule has 24 heavy (non-hydrogen) atoms. The average Bonchev–Trinajstić information content (AvgIpc) is 3.09. The second kappa shape index (κ2) is 7.26. The minimum Gasteiger partial charge on any atom is -0.342 e. The molecule has 132 valence electrons. The molecular formula is C21H32N2O. The van der Waals surface area contributed by atoms with E-state index in [1.807, 2.05) is 0 Å². The normalized spacial score (nSPS) is 20.5. The molecule has 2 aliphatic rings. The lowest BCUT2D eigenvalue weighted by Crippen LogP contribution is -2.41. The molecule has 2 heterocycles. The first kappa shape index (κ1) is 17.5. The Morgan fingerprint density at radius 1 is 1.00 bits per heavy atom. The van der Waals surface area contributed by atoms with Crippen molar-refractivity contribution in [2.75, 3.05) is 26.2 Å². The van der Waals surface area contributed by atoms with Crippen LogP contribution in [0.3, 0.4) is 0 Å². The van der Waals surface area contributed by atoms with Crippen LogP contribution < -0.4 is 0 Å². The molecular weight excluding hydrogens is 296 g/mol. The van der Waals surface area contributed by atoms with Crippen molar-refractivity contribution in [2.24, 2.45) is 5.92 Å². The van der Waals surface area contributed by atoms with Crippen LogP contribution >= 0.6 is 0 Å².